The number of likely N-dealkylation sites (tertiary alicyclic amines) is 1. The molecule has 4 aliphatic heterocycles. The number of piperidine rings is 2. The largest absolute Gasteiger partial charge is 0.444 e. The van der Waals surface area contributed by atoms with Gasteiger partial charge in [0.2, 0.25) is 5.91 Å². The molecule has 0 aromatic heterocycles. The van der Waals surface area contributed by atoms with Crippen molar-refractivity contribution < 1.29 is 23.9 Å². The maximum absolute atomic E-state index is 13.6. The monoisotopic (exact) mass is 612 g/mol. The first-order valence-electron chi connectivity index (χ1n) is 16.4. The van der Waals surface area contributed by atoms with Crippen molar-refractivity contribution in [3.8, 4) is 0 Å². The van der Waals surface area contributed by atoms with Gasteiger partial charge in [-0.3, -0.25) is 9.59 Å². The highest BCUT2D eigenvalue weighted by Crippen LogP contribution is 2.40. The van der Waals surface area contributed by atoms with Gasteiger partial charge in [0.05, 0.1) is 25.2 Å². The lowest BCUT2D eigenvalue weighted by Gasteiger charge is -2.49. The van der Waals surface area contributed by atoms with E-state index in [1.54, 1.807) is 0 Å². The minimum Gasteiger partial charge on any atom is -0.444 e. The summed E-state index contributed by atoms with van der Waals surface area (Å²) in [6.45, 7) is 17.7. The lowest BCUT2D eigenvalue weighted by atomic mass is 9.81. The van der Waals surface area contributed by atoms with Gasteiger partial charge in [0, 0.05) is 49.0 Å². The van der Waals surface area contributed by atoms with Gasteiger partial charge in [-0.15, -0.1) is 0 Å². The minimum atomic E-state index is -0.530. The molecule has 0 bridgehead atoms. The third-order valence-electron chi connectivity index (χ3n) is 9.92. The molecule has 3 unspecified atom stereocenters. The average molecular weight is 613 g/mol. The van der Waals surface area contributed by atoms with E-state index in [0.717, 1.165) is 36.9 Å². The molecule has 0 radical (unpaired) electrons. The number of hydrazine groups is 1. The fourth-order valence-electron chi connectivity index (χ4n) is 7.37. The van der Waals surface area contributed by atoms with Gasteiger partial charge in [-0.05, 0) is 83.1 Å². The second-order valence-electron chi connectivity index (χ2n) is 14.3. The molecule has 1 aromatic carbocycles. The first kappa shape index (κ1) is 32.5. The maximum Gasteiger partial charge on any atom is 0.410 e. The average Bonchev–Trinajstić information content (AvgIpc) is 3.36. The van der Waals surface area contributed by atoms with Crippen LogP contribution in [0.25, 0.3) is 0 Å². The normalized spacial score (nSPS) is 27.6. The quantitative estimate of drug-likeness (QED) is 0.445. The van der Waals surface area contributed by atoms with Crippen molar-refractivity contribution in [2.45, 2.75) is 104 Å². The summed E-state index contributed by atoms with van der Waals surface area (Å²) in [7, 11) is 0. The number of aryl methyl sites for hydroxylation is 1. The molecule has 11 heteroatoms. The predicted octanol–water partition coefficient (Wildman–Crippen LogP) is 3.73. The van der Waals surface area contributed by atoms with Gasteiger partial charge in [-0.1, -0.05) is 20.8 Å². The van der Waals surface area contributed by atoms with Crippen LogP contribution < -0.4 is 16.1 Å². The van der Waals surface area contributed by atoms with Crippen LogP contribution in [0.15, 0.2) is 18.2 Å². The molecule has 3 N–H and O–H groups in total. The van der Waals surface area contributed by atoms with Crippen LogP contribution in [0, 0.1) is 18.8 Å². The molecule has 5 rings (SSSR count). The zero-order valence-electron chi connectivity index (χ0n) is 27.6. The van der Waals surface area contributed by atoms with Crippen LogP contribution in [0.3, 0.4) is 0 Å². The number of benzene rings is 1. The number of nitrogens with zero attached hydrogens (tertiary/aromatic N) is 3. The smallest absolute Gasteiger partial charge is 0.410 e. The molecule has 4 atom stereocenters. The SMILES string of the molecule is CCC1(N2NC(Nc3ccc(C(=O)N4CCOC[C@H]4C(C)C)c(C)c3)C3C(=O)NCCC32)CCN(C(=O)OC(C)(C)C)CC1. The van der Waals surface area contributed by atoms with E-state index in [2.05, 4.69) is 41.8 Å². The highest BCUT2D eigenvalue weighted by Gasteiger charge is 2.54. The Morgan fingerprint density at radius 2 is 1.91 bits per heavy atom. The van der Waals surface area contributed by atoms with Crippen LogP contribution in [0.1, 0.15) is 83.1 Å². The van der Waals surface area contributed by atoms with Crippen LogP contribution in [0.4, 0.5) is 10.5 Å². The molecular weight excluding hydrogens is 560 g/mol. The van der Waals surface area contributed by atoms with Gasteiger partial charge in [0.1, 0.15) is 11.8 Å². The van der Waals surface area contributed by atoms with Gasteiger partial charge >= 0.3 is 6.09 Å². The number of hydrogen-bond acceptors (Lipinski definition) is 8. The van der Waals surface area contributed by atoms with E-state index in [9.17, 15) is 14.4 Å². The maximum atomic E-state index is 13.6. The second kappa shape index (κ2) is 12.8. The van der Waals surface area contributed by atoms with E-state index in [1.807, 2.05) is 55.7 Å². The summed E-state index contributed by atoms with van der Waals surface area (Å²) in [5.74, 6) is 0.109. The van der Waals surface area contributed by atoms with Gasteiger partial charge in [0.25, 0.3) is 5.91 Å². The number of hydrogen-bond donors (Lipinski definition) is 3. The number of morpholine rings is 1. The van der Waals surface area contributed by atoms with Crippen LogP contribution in [-0.2, 0) is 14.3 Å². The third kappa shape index (κ3) is 6.55. The lowest BCUT2D eigenvalue weighted by Crippen LogP contribution is -2.62. The Labute approximate surface area is 262 Å². The van der Waals surface area contributed by atoms with Crippen LogP contribution in [0.5, 0.6) is 0 Å². The summed E-state index contributed by atoms with van der Waals surface area (Å²) < 4.78 is 11.3. The number of carbonyl (C=O) groups is 3. The summed E-state index contributed by atoms with van der Waals surface area (Å²) in [6.07, 6.45) is 2.76. The molecule has 4 fully saturated rings. The van der Waals surface area contributed by atoms with E-state index < -0.39 is 5.60 Å². The van der Waals surface area contributed by atoms with E-state index in [-0.39, 0.29) is 47.6 Å². The predicted molar refractivity (Wildman–Crippen MR) is 169 cm³/mol. The molecule has 244 valence electrons. The number of fused-ring (bicyclic) bond motifs is 1. The van der Waals surface area contributed by atoms with Gasteiger partial charge in [0.15, 0.2) is 0 Å². The first-order chi connectivity index (χ1) is 20.8. The Morgan fingerprint density at radius 3 is 2.55 bits per heavy atom. The Bertz CT molecular complexity index is 1220. The fourth-order valence-corrected chi connectivity index (χ4v) is 7.37. The summed E-state index contributed by atoms with van der Waals surface area (Å²) in [5.41, 5.74) is 5.46. The highest BCUT2D eigenvalue weighted by molar-refractivity contribution is 5.96. The van der Waals surface area contributed by atoms with E-state index in [4.69, 9.17) is 9.47 Å². The Morgan fingerprint density at radius 1 is 1.18 bits per heavy atom. The number of rotatable bonds is 6. The third-order valence-corrected chi connectivity index (χ3v) is 9.92. The van der Waals surface area contributed by atoms with E-state index >= 15 is 0 Å². The number of amides is 3. The number of nitrogens with one attached hydrogen (secondary N) is 3. The minimum absolute atomic E-state index is 0.0329. The lowest BCUT2D eigenvalue weighted by molar-refractivity contribution is -0.128. The van der Waals surface area contributed by atoms with Crippen molar-refractivity contribution in [1.82, 2.24) is 25.6 Å². The number of ether oxygens (including phenoxy) is 2. The fraction of sp³-hybridized carbons (Fsp3) is 0.727. The summed E-state index contributed by atoms with van der Waals surface area (Å²) >= 11 is 0. The van der Waals surface area contributed by atoms with Gasteiger partial charge in [-0.25, -0.2) is 15.2 Å². The number of carbonyl (C=O) groups excluding carboxylic acids is 3. The molecule has 0 saturated carbocycles. The van der Waals surface area contributed by atoms with Crippen molar-refractivity contribution in [3.63, 3.8) is 0 Å². The van der Waals surface area contributed by atoms with Crippen molar-refractivity contribution in [2.75, 3.05) is 44.7 Å². The van der Waals surface area contributed by atoms with Crippen LogP contribution >= 0.6 is 0 Å². The number of anilines is 1. The van der Waals surface area contributed by atoms with Crippen molar-refractivity contribution in [3.05, 3.63) is 29.3 Å². The Balaban J connectivity index is 1.31. The van der Waals surface area contributed by atoms with Crippen LogP contribution in [0.2, 0.25) is 0 Å². The molecule has 0 spiro atoms. The van der Waals surface area contributed by atoms with Gasteiger partial charge in [-0.2, -0.15) is 0 Å². The Hall–Kier alpha value is -2.89. The first-order valence-corrected chi connectivity index (χ1v) is 16.4. The topological polar surface area (TPSA) is 115 Å². The second-order valence-corrected chi connectivity index (χ2v) is 14.3. The van der Waals surface area contributed by atoms with Crippen molar-refractivity contribution in [2.24, 2.45) is 11.8 Å². The van der Waals surface area contributed by atoms with Gasteiger partial charge < -0.3 is 29.9 Å². The highest BCUT2D eigenvalue weighted by atomic mass is 16.6. The molecule has 44 heavy (non-hydrogen) atoms. The van der Waals surface area contributed by atoms with Crippen LogP contribution in [-0.4, -0.2) is 101 Å². The molecule has 3 amide bonds. The standard InChI is InChI=1S/C33H52N6O5/c1-8-33(12-15-37(16-13-33)31(42)44-32(5,6)7)39-25-11-14-34-29(40)27(25)28(36-39)35-23-9-10-24(22(4)19-23)30(41)38-17-18-43-20-26(38)21(2)3/h9-10,19,21,25-28,35-36H,8,11-18,20H2,1-7H3,(H,34,40)/t25?,26-,27?,28?/m0/s1. The molecule has 0 aliphatic carbocycles. The summed E-state index contributed by atoms with van der Waals surface area (Å²) in [4.78, 5) is 43.4. The zero-order valence-corrected chi connectivity index (χ0v) is 27.6. The molecule has 4 saturated heterocycles. The molecule has 1 aromatic rings. The van der Waals surface area contributed by atoms with Crippen molar-refractivity contribution in [1.29, 1.82) is 0 Å². The van der Waals surface area contributed by atoms with E-state index in [0.29, 0.717) is 50.9 Å². The Kier molecular flexibility index (Phi) is 9.49. The molecule has 4 aliphatic rings. The van der Waals surface area contributed by atoms with E-state index in [1.165, 1.54) is 0 Å². The zero-order chi connectivity index (χ0) is 31.8. The molecule has 4 heterocycles. The summed E-state index contributed by atoms with van der Waals surface area (Å²) in [5, 5.41) is 9.02. The summed E-state index contributed by atoms with van der Waals surface area (Å²) in [6, 6.07) is 5.95. The van der Waals surface area contributed by atoms with Crippen molar-refractivity contribution >= 4 is 23.6 Å². The molecular formula is C33H52N6O5. The molecule has 11 nitrogen and oxygen atoms in total.